The van der Waals surface area contributed by atoms with Gasteiger partial charge in [-0.25, -0.2) is 24.9 Å². The van der Waals surface area contributed by atoms with Crippen LogP contribution in [0.2, 0.25) is 0 Å². The van der Waals surface area contributed by atoms with Gasteiger partial charge in [0.15, 0.2) is 5.82 Å². The molecule has 2 unspecified atom stereocenters. The maximum Gasteiger partial charge on any atom is 0.160 e. The molecule has 0 spiro atoms. The molecule has 8 nitrogen and oxygen atoms in total. The van der Waals surface area contributed by atoms with E-state index in [0.29, 0.717) is 5.82 Å². The minimum absolute atomic E-state index is 0.128. The fraction of sp³-hybridized carbons (Fsp3) is 0.0385. The molecule has 1 aliphatic heterocycles. The summed E-state index contributed by atoms with van der Waals surface area (Å²) < 4.78 is 0. The Hall–Kier alpha value is -11.4. The van der Waals surface area contributed by atoms with E-state index in [1.54, 1.807) is 6.20 Å². The van der Waals surface area contributed by atoms with Gasteiger partial charge in [-0.2, -0.15) is 0 Å². The van der Waals surface area contributed by atoms with Crippen LogP contribution in [-0.2, 0) is 0 Å². The smallest absolute Gasteiger partial charge is 0.160 e. The van der Waals surface area contributed by atoms with Crippen LogP contribution in [0.4, 0.5) is 5.69 Å². The summed E-state index contributed by atoms with van der Waals surface area (Å²) in [7, 11) is 0. The van der Waals surface area contributed by atoms with E-state index in [-0.39, 0.29) is 12.0 Å². The zero-order chi connectivity index (χ0) is 57.8. The number of hydrogen-bond donors (Lipinski definition) is 1. The van der Waals surface area contributed by atoms with Gasteiger partial charge >= 0.3 is 0 Å². The molecule has 14 rings (SSSR count). The third-order valence-electron chi connectivity index (χ3n) is 15.9. The summed E-state index contributed by atoms with van der Waals surface area (Å²) in [6.45, 7) is 8.26. The van der Waals surface area contributed by atoms with Crippen LogP contribution >= 0.6 is 0 Å². The first kappa shape index (κ1) is 52.7. The molecule has 0 saturated heterocycles. The minimum Gasteiger partial charge on any atom is -0.379 e. The molecule has 2 aliphatic rings. The van der Waals surface area contributed by atoms with Crippen molar-refractivity contribution in [2.24, 2.45) is 10.9 Å². The van der Waals surface area contributed by atoms with Crippen molar-refractivity contribution >= 4 is 69.5 Å². The van der Waals surface area contributed by atoms with Gasteiger partial charge < -0.3 is 5.32 Å². The Morgan fingerprint density at radius 3 is 1.98 bits per heavy atom. The van der Waals surface area contributed by atoms with Gasteiger partial charge in [0.25, 0.3) is 0 Å². The van der Waals surface area contributed by atoms with Crippen molar-refractivity contribution in [2.45, 2.75) is 12.5 Å². The van der Waals surface area contributed by atoms with Crippen molar-refractivity contribution in [3.05, 3.63) is 295 Å². The summed E-state index contributed by atoms with van der Waals surface area (Å²) in [5.41, 5.74) is 19.1. The molecule has 0 radical (unpaired) electrons. The number of hydrogen-bond acceptors (Lipinski definition) is 8. The number of pyridine rings is 4. The summed E-state index contributed by atoms with van der Waals surface area (Å²) in [6, 6.07) is 75.0. The number of dihydropyridines is 1. The number of rotatable bonds is 14. The minimum atomic E-state index is -0.128. The first-order chi connectivity index (χ1) is 42.5. The fourth-order valence-corrected chi connectivity index (χ4v) is 11.3. The lowest BCUT2D eigenvalue weighted by Crippen LogP contribution is -2.32. The molecular weight excluding hydrogens is 1050 g/mol. The predicted octanol–water partition coefficient (Wildman–Crippen LogP) is 16.9. The van der Waals surface area contributed by atoms with E-state index in [2.05, 4.69) is 212 Å². The van der Waals surface area contributed by atoms with E-state index in [9.17, 15) is 0 Å². The lowest BCUT2D eigenvalue weighted by molar-refractivity contribution is 0.882. The van der Waals surface area contributed by atoms with E-state index < -0.39 is 0 Å². The molecule has 0 saturated carbocycles. The second-order valence-electron chi connectivity index (χ2n) is 21.4. The first-order valence-electron chi connectivity index (χ1n) is 28.9. The Labute approximate surface area is 499 Å². The lowest BCUT2D eigenvalue weighted by atomic mass is 9.92. The molecule has 0 amide bonds. The van der Waals surface area contributed by atoms with Gasteiger partial charge in [0.05, 0.1) is 62.5 Å². The zero-order valence-electron chi connectivity index (χ0n) is 47.0. The van der Waals surface area contributed by atoms with Crippen molar-refractivity contribution < 1.29 is 0 Å². The maximum absolute atomic E-state index is 5.26. The Morgan fingerprint density at radius 2 is 1.19 bits per heavy atom. The molecule has 408 valence electrons. The fourth-order valence-electron chi connectivity index (χ4n) is 11.3. The molecule has 6 heterocycles. The summed E-state index contributed by atoms with van der Waals surface area (Å²) in [4.78, 5) is 35.1. The molecule has 0 bridgehead atoms. The molecule has 7 aromatic carbocycles. The van der Waals surface area contributed by atoms with Crippen LogP contribution in [0.25, 0.3) is 137 Å². The number of allylic oxidation sites excluding steroid dienone is 3. The summed E-state index contributed by atoms with van der Waals surface area (Å²) in [5.74, 6) is 0.847. The average molecular weight is 1110 g/mol. The van der Waals surface area contributed by atoms with E-state index in [4.69, 9.17) is 29.9 Å². The third kappa shape index (κ3) is 10.9. The number of aromatic nitrogens is 6. The van der Waals surface area contributed by atoms with Gasteiger partial charge in [-0.05, 0) is 116 Å². The molecule has 8 heteroatoms. The molecule has 1 N–H and O–H groups in total. The van der Waals surface area contributed by atoms with Crippen LogP contribution in [0, 0.1) is 5.92 Å². The van der Waals surface area contributed by atoms with Gasteiger partial charge in [0.2, 0.25) is 0 Å². The number of nitrogens with zero attached hydrogens (tertiary/aromatic N) is 7. The van der Waals surface area contributed by atoms with Crippen LogP contribution < -0.4 is 15.9 Å². The zero-order valence-corrected chi connectivity index (χ0v) is 47.0. The number of fused-ring (bicyclic) bond motifs is 3. The highest BCUT2D eigenvalue weighted by molar-refractivity contribution is 6.04. The average Bonchev–Trinajstić information content (AvgIpc) is 2.25. The highest BCUT2D eigenvalue weighted by Gasteiger charge is 2.17. The first-order valence-corrected chi connectivity index (χ1v) is 28.9. The second-order valence-corrected chi connectivity index (χ2v) is 21.4. The quantitative estimate of drug-likeness (QED) is 0.108. The van der Waals surface area contributed by atoms with Gasteiger partial charge in [0.1, 0.15) is 0 Å². The molecule has 86 heavy (non-hydrogen) atoms. The Bertz CT molecular complexity index is 4810. The normalized spacial score (nSPS) is 14.5. The van der Waals surface area contributed by atoms with Crippen LogP contribution in [-0.4, -0.2) is 42.2 Å². The van der Waals surface area contributed by atoms with Crippen LogP contribution in [0.5, 0.6) is 0 Å². The maximum atomic E-state index is 5.26. The van der Waals surface area contributed by atoms with Gasteiger partial charge in [0, 0.05) is 57.7 Å². The van der Waals surface area contributed by atoms with Crippen LogP contribution in [0.1, 0.15) is 28.8 Å². The van der Waals surface area contributed by atoms with Crippen molar-refractivity contribution in [3.63, 3.8) is 0 Å². The Kier molecular flexibility index (Phi) is 14.4. The van der Waals surface area contributed by atoms with Crippen molar-refractivity contribution in [3.8, 4) is 78.9 Å². The SMILES string of the molecule is C=Cc1ccc(-c2ccc3ccc(-c4cccc(-c5cc(-c6ccccc6)nc(-c6ccccc6)n5)c4)nc3c2)cc1N=CC1C=CC(c2ccc(-c3ccc(C=C)c(/C=C/C4C=c5nc(-c6ccccn6)ccc5=CC4)n3)c3ccccc23)=CN1. The van der Waals surface area contributed by atoms with Crippen LogP contribution in [0.3, 0.4) is 0 Å². The largest absolute Gasteiger partial charge is 0.379 e. The van der Waals surface area contributed by atoms with Crippen LogP contribution in [0.15, 0.2) is 267 Å². The number of aliphatic imine (C=N–C) groups is 1. The highest BCUT2D eigenvalue weighted by atomic mass is 14.9. The molecule has 1 aliphatic carbocycles. The molecule has 12 aromatic rings. The van der Waals surface area contributed by atoms with Gasteiger partial charge in [-0.15, -0.1) is 0 Å². The summed E-state index contributed by atoms with van der Waals surface area (Å²) in [5, 5.41) is 9.03. The molecular formula is C78H56N8. The van der Waals surface area contributed by atoms with Crippen molar-refractivity contribution in [1.29, 1.82) is 0 Å². The van der Waals surface area contributed by atoms with Crippen molar-refractivity contribution in [1.82, 2.24) is 35.2 Å². The van der Waals surface area contributed by atoms with E-state index in [1.165, 1.54) is 0 Å². The Balaban J connectivity index is 0.684. The van der Waals surface area contributed by atoms with Gasteiger partial charge in [-0.3, -0.25) is 9.98 Å². The van der Waals surface area contributed by atoms with E-state index in [1.807, 2.05) is 91.2 Å². The van der Waals surface area contributed by atoms with E-state index >= 15 is 0 Å². The van der Waals surface area contributed by atoms with Gasteiger partial charge in [-0.1, -0.05) is 219 Å². The summed E-state index contributed by atoms with van der Waals surface area (Å²) in [6.07, 6.45) is 23.6. The highest BCUT2D eigenvalue weighted by Crippen LogP contribution is 2.37. The molecule has 5 aromatic heterocycles. The molecule has 0 fully saturated rings. The topological polar surface area (TPSA) is 102 Å². The number of nitrogens with one attached hydrogen (secondary N) is 1. The predicted molar refractivity (Wildman–Crippen MR) is 357 cm³/mol. The molecule has 2 atom stereocenters. The van der Waals surface area contributed by atoms with E-state index in [0.717, 1.165) is 145 Å². The second kappa shape index (κ2) is 23.5. The third-order valence-corrected chi connectivity index (χ3v) is 15.9. The van der Waals surface area contributed by atoms with Crippen molar-refractivity contribution in [2.75, 3.05) is 0 Å². The summed E-state index contributed by atoms with van der Waals surface area (Å²) >= 11 is 0. The monoisotopic (exact) mass is 1100 g/mol. The number of benzene rings is 7. The lowest BCUT2D eigenvalue weighted by Gasteiger charge is -2.18. The Morgan fingerprint density at radius 1 is 0.500 bits per heavy atom. The standard InChI is InChI=1S/C78H56N8/c1-3-52-33-41-70(82-68(52)39-26-51-25-27-55-35-42-72(84-74(55)44-51)71-24-13-14-43-79-71)67-38-37-64(65-22-11-12-23-66(65)67)62-32-36-63(80-49-62)50-81-73-46-58(30-28-53(73)4-2)59-31-29-56-34-40-69(83-75(56)47-59)60-20-15-21-61(45-60)77-48-76(54-16-7-5-8-17-54)85-78(86-77)57-18-9-6-10-19-57/h3-24,26-51,63,80H,1-2,25H2/b39-26+,81-50?.